The van der Waals surface area contributed by atoms with Crippen LogP contribution in [0.1, 0.15) is 34.0 Å². The monoisotopic (exact) mass is 450 g/mol. The van der Waals surface area contributed by atoms with Gasteiger partial charge in [0, 0.05) is 32.7 Å². The standard InChI is InChI=1S/C26H30N2O5/c1-3-31-20-6-4-19(5-7-20)15-23-25(29)24-18(2)14-22-21(26(24)33-23)16-28(17-32-22)9-8-27-10-12-30-13-11-27/h4-7,14-15H,3,8-13,16-17H2,1-2H3/b23-15-. The number of carbonyl (C=O) groups is 1. The molecule has 1 saturated heterocycles. The Hall–Kier alpha value is -2.87. The first kappa shape index (κ1) is 21.9. The van der Waals surface area contributed by atoms with E-state index in [2.05, 4.69) is 9.80 Å². The maximum absolute atomic E-state index is 13.2. The number of hydrogen-bond donors (Lipinski definition) is 0. The Labute approximate surface area is 194 Å². The lowest BCUT2D eigenvalue weighted by Crippen LogP contribution is -2.43. The lowest BCUT2D eigenvalue weighted by molar-refractivity contribution is 0.0239. The molecule has 3 aliphatic rings. The smallest absolute Gasteiger partial charge is 0.232 e. The fraction of sp³-hybridized carbons (Fsp3) is 0.423. The maximum Gasteiger partial charge on any atom is 0.232 e. The van der Waals surface area contributed by atoms with E-state index < -0.39 is 0 Å². The molecule has 7 heteroatoms. The number of rotatable bonds is 6. The summed E-state index contributed by atoms with van der Waals surface area (Å²) in [6.45, 7) is 11.1. The van der Waals surface area contributed by atoms with Crippen molar-refractivity contribution < 1.29 is 23.7 Å². The van der Waals surface area contributed by atoms with E-state index in [-0.39, 0.29) is 5.78 Å². The lowest BCUT2D eigenvalue weighted by atomic mass is 9.98. The second-order valence-electron chi connectivity index (χ2n) is 8.60. The van der Waals surface area contributed by atoms with Gasteiger partial charge in [-0.1, -0.05) is 12.1 Å². The van der Waals surface area contributed by atoms with Crippen LogP contribution in [-0.4, -0.2) is 68.3 Å². The molecular formula is C26H30N2O5. The fourth-order valence-corrected chi connectivity index (χ4v) is 4.51. The maximum atomic E-state index is 13.2. The molecule has 0 spiro atoms. The van der Waals surface area contributed by atoms with Gasteiger partial charge in [-0.15, -0.1) is 0 Å². The van der Waals surface area contributed by atoms with Gasteiger partial charge in [-0.05, 0) is 49.2 Å². The minimum atomic E-state index is -0.0791. The van der Waals surface area contributed by atoms with E-state index in [1.165, 1.54) is 0 Å². The zero-order chi connectivity index (χ0) is 22.8. The van der Waals surface area contributed by atoms with Crippen LogP contribution in [0.5, 0.6) is 17.2 Å². The van der Waals surface area contributed by atoms with Crippen LogP contribution >= 0.6 is 0 Å². The Morgan fingerprint density at radius 3 is 2.61 bits per heavy atom. The van der Waals surface area contributed by atoms with Gasteiger partial charge >= 0.3 is 0 Å². The van der Waals surface area contributed by atoms with Gasteiger partial charge < -0.3 is 18.9 Å². The number of morpholine rings is 1. The van der Waals surface area contributed by atoms with E-state index >= 15 is 0 Å². The molecule has 0 bridgehead atoms. The summed E-state index contributed by atoms with van der Waals surface area (Å²) in [5.41, 5.74) is 3.37. The Kier molecular flexibility index (Phi) is 6.35. The van der Waals surface area contributed by atoms with Crippen molar-refractivity contribution in [3.05, 3.63) is 58.3 Å². The highest BCUT2D eigenvalue weighted by atomic mass is 16.5. The Morgan fingerprint density at radius 2 is 1.85 bits per heavy atom. The van der Waals surface area contributed by atoms with Crippen molar-refractivity contribution in [3.63, 3.8) is 0 Å². The van der Waals surface area contributed by atoms with Crippen LogP contribution in [0.25, 0.3) is 6.08 Å². The predicted molar refractivity (Wildman–Crippen MR) is 125 cm³/mol. The third-order valence-electron chi connectivity index (χ3n) is 6.31. The predicted octanol–water partition coefficient (Wildman–Crippen LogP) is 3.49. The Bertz CT molecular complexity index is 1060. The van der Waals surface area contributed by atoms with Gasteiger partial charge in [0.05, 0.1) is 30.9 Å². The number of allylic oxidation sites excluding steroid dienone is 1. The summed E-state index contributed by atoms with van der Waals surface area (Å²) >= 11 is 0. The average molecular weight is 451 g/mol. The van der Waals surface area contributed by atoms with Crippen LogP contribution < -0.4 is 14.2 Å². The molecule has 0 unspecified atom stereocenters. The second-order valence-corrected chi connectivity index (χ2v) is 8.60. The number of hydrogen-bond acceptors (Lipinski definition) is 7. The number of ketones is 1. The van der Waals surface area contributed by atoms with Crippen LogP contribution in [0.15, 0.2) is 36.1 Å². The van der Waals surface area contributed by atoms with E-state index in [0.717, 1.165) is 67.6 Å². The molecule has 7 nitrogen and oxygen atoms in total. The average Bonchev–Trinajstić information content (AvgIpc) is 3.17. The highest BCUT2D eigenvalue weighted by molar-refractivity contribution is 6.15. The highest BCUT2D eigenvalue weighted by Crippen LogP contribution is 2.44. The molecular weight excluding hydrogens is 420 g/mol. The third kappa shape index (κ3) is 4.62. The van der Waals surface area contributed by atoms with Gasteiger partial charge in [0.2, 0.25) is 5.78 Å². The normalized spacial score (nSPS) is 19.7. The molecule has 33 heavy (non-hydrogen) atoms. The minimum Gasteiger partial charge on any atom is -0.494 e. The lowest BCUT2D eigenvalue weighted by Gasteiger charge is -2.33. The molecule has 0 N–H and O–H groups in total. The molecule has 0 amide bonds. The van der Waals surface area contributed by atoms with E-state index in [0.29, 0.717) is 37.0 Å². The van der Waals surface area contributed by atoms with E-state index in [1.54, 1.807) is 6.08 Å². The van der Waals surface area contributed by atoms with E-state index in [9.17, 15) is 4.79 Å². The molecule has 0 radical (unpaired) electrons. The topological polar surface area (TPSA) is 60.5 Å². The number of benzene rings is 2. The molecule has 2 aromatic rings. The number of fused-ring (bicyclic) bond motifs is 3. The SMILES string of the molecule is CCOc1ccc(/C=C2\Oc3c4c(cc(C)c3C2=O)OCN(CCN2CCOCC2)C4)cc1. The molecule has 0 aliphatic carbocycles. The van der Waals surface area contributed by atoms with Gasteiger partial charge in [0.15, 0.2) is 5.76 Å². The van der Waals surface area contributed by atoms with Gasteiger partial charge in [0.1, 0.15) is 24.0 Å². The van der Waals surface area contributed by atoms with Crippen LogP contribution in [0, 0.1) is 6.92 Å². The van der Waals surface area contributed by atoms with Gasteiger partial charge in [-0.2, -0.15) is 0 Å². The third-order valence-corrected chi connectivity index (χ3v) is 6.31. The minimum absolute atomic E-state index is 0.0791. The molecule has 5 rings (SSSR count). The summed E-state index contributed by atoms with van der Waals surface area (Å²) in [7, 11) is 0. The summed E-state index contributed by atoms with van der Waals surface area (Å²) < 4.78 is 23.2. The summed E-state index contributed by atoms with van der Waals surface area (Å²) in [4.78, 5) is 17.9. The van der Waals surface area contributed by atoms with Crippen LogP contribution in [0.4, 0.5) is 0 Å². The highest BCUT2D eigenvalue weighted by Gasteiger charge is 2.35. The van der Waals surface area contributed by atoms with Crippen LogP contribution in [-0.2, 0) is 11.3 Å². The van der Waals surface area contributed by atoms with Crippen molar-refractivity contribution >= 4 is 11.9 Å². The molecule has 3 aliphatic heterocycles. The van der Waals surface area contributed by atoms with Crippen molar-refractivity contribution in [1.82, 2.24) is 9.80 Å². The largest absolute Gasteiger partial charge is 0.494 e. The van der Waals surface area contributed by atoms with Crippen LogP contribution in [0.3, 0.4) is 0 Å². The zero-order valence-corrected chi connectivity index (χ0v) is 19.3. The van der Waals surface area contributed by atoms with Crippen molar-refractivity contribution in [2.45, 2.75) is 20.4 Å². The number of carbonyl (C=O) groups excluding carboxylic acids is 1. The molecule has 0 saturated carbocycles. The van der Waals surface area contributed by atoms with Gasteiger partial charge in [-0.3, -0.25) is 14.6 Å². The number of aryl methyl sites for hydroxylation is 1. The zero-order valence-electron chi connectivity index (χ0n) is 19.3. The molecule has 2 aromatic carbocycles. The second kappa shape index (κ2) is 9.55. The molecule has 0 aromatic heterocycles. The van der Waals surface area contributed by atoms with E-state index in [1.807, 2.05) is 44.2 Å². The fourth-order valence-electron chi connectivity index (χ4n) is 4.51. The Morgan fingerprint density at radius 1 is 1.09 bits per heavy atom. The Balaban J connectivity index is 1.34. The van der Waals surface area contributed by atoms with Gasteiger partial charge in [0.25, 0.3) is 0 Å². The first-order valence-electron chi connectivity index (χ1n) is 11.6. The quantitative estimate of drug-likeness (QED) is 0.625. The first-order chi connectivity index (χ1) is 16.1. The van der Waals surface area contributed by atoms with Crippen molar-refractivity contribution in [1.29, 1.82) is 0 Å². The number of nitrogens with zero attached hydrogens (tertiary/aromatic N) is 2. The number of Topliss-reactive ketones (excluding diaryl/α,β-unsaturated/α-hetero) is 1. The van der Waals surface area contributed by atoms with E-state index in [4.69, 9.17) is 18.9 Å². The molecule has 174 valence electrons. The summed E-state index contributed by atoms with van der Waals surface area (Å²) in [5, 5.41) is 0. The molecule has 3 heterocycles. The van der Waals surface area contributed by atoms with Crippen molar-refractivity contribution in [3.8, 4) is 17.2 Å². The summed E-state index contributed by atoms with van der Waals surface area (Å²) in [6.07, 6.45) is 1.80. The first-order valence-corrected chi connectivity index (χ1v) is 11.6. The van der Waals surface area contributed by atoms with Crippen molar-refractivity contribution in [2.75, 3.05) is 52.7 Å². The summed E-state index contributed by atoms with van der Waals surface area (Å²) in [5.74, 6) is 2.52. The summed E-state index contributed by atoms with van der Waals surface area (Å²) in [6, 6.07) is 9.62. The number of ether oxygens (including phenoxy) is 4. The molecule has 0 atom stereocenters. The van der Waals surface area contributed by atoms with Gasteiger partial charge in [-0.25, -0.2) is 0 Å². The van der Waals surface area contributed by atoms with Crippen molar-refractivity contribution in [2.24, 2.45) is 0 Å². The van der Waals surface area contributed by atoms with Crippen LogP contribution in [0.2, 0.25) is 0 Å². The molecule has 1 fully saturated rings.